The van der Waals surface area contributed by atoms with E-state index < -0.39 is 0 Å². The van der Waals surface area contributed by atoms with E-state index in [1.807, 2.05) is 51.1 Å². The van der Waals surface area contributed by atoms with Gasteiger partial charge in [0.15, 0.2) is 0 Å². The Bertz CT molecular complexity index is 804. The minimum absolute atomic E-state index is 0.0293. The van der Waals surface area contributed by atoms with Gasteiger partial charge in [-0.3, -0.25) is 9.59 Å². The summed E-state index contributed by atoms with van der Waals surface area (Å²) in [6.45, 7) is 5.87. The lowest BCUT2D eigenvalue weighted by molar-refractivity contribution is -0.115. The van der Waals surface area contributed by atoms with Gasteiger partial charge in [0.1, 0.15) is 0 Å². The van der Waals surface area contributed by atoms with E-state index in [1.54, 1.807) is 12.1 Å². The van der Waals surface area contributed by atoms with Crippen LogP contribution in [0.25, 0.3) is 0 Å². The molecular weight excluding hydrogens is 320 g/mol. The predicted octanol–water partition coefficient (Wildman–Crippen LogP) is 3.92. The van der Waals surface area contributed by atoms with Gasteiger partial charge >= 0.3 is 0 Å². The summed E-state index contributed by atoms with van der Waals surface area (Å²) in [6, 6.07) is 13.4. The average Bonchev–Trinajstić information content (AvgIpc) is 2.55. The monoisotopic (exact) mass is 340 g/mol. The molecule has 0 aliphatic carbocycles. The van der Waals surface area contributed by atoms with Gasteiger partial charge in [-0.1, -0.05) is 24.3 Å². The van der Waals surface area contributed by atoms with Crippen LogP contribution >= 0.6 is 11.8 Å². The molecule has 124 valence electrons. The average molecular weight is 340 g/mol. The number of carbonyl (C=O) groups excluding carboxylic acids is 2. The predicted molar refractivity (Wildman–Crippen MR) is 97.5 cm³/mol. The minimum Gasteiger partial charge on any atom is -0.346 e. The summed E-state index contributed by atoms with van der Waals surface area (Å²) in [5.41, 5.74) is 3.50. The molecule has 5 heteroatoms. The molecule has 1 aliphatic heterocycles. The summed E-state index contributed by atoms with van der Waals surface area (Å²) in [6.07, 6.45) is 0. The molecule has 3 rings (SSSR count). The number of benzene rings is 2. The van der Waals surface area contributed by atoms with E-state index in [9.17, 15) is 9.59 Å². The van der Waals surface area contributed by atoms with Crippen LogP contribution in [0.3, 0.4) is 0 Å². The highest BCUT2D eigenvalue weighted by atomic mass is 32.2. The third-order valence-corrected chi connectivity index (χ3v) is 5.35. The number of nitrogens with one attached hydrogen (secondary N) is 2. The minimum atomic E-state index is -0.147. The smallest absolute Gasteiger partial charge is 0.251 e. The number of thioether (sulfide) groups is 1. The third kappa shape index (κ3) is 3.31. The summed E-state index contributed by atoms with van der Waals surface area (Å²) in [7, 11) is 0. The molecule has 0 fully saturated rings. The molecule has 1 heterocycles. The number of amides is 2. The van der Waals surface area contributed by atoms with Crippen molar-refractivity contribution in [2.75, 3.05) is 5.32 Å². The van der Waals surface area contributed by atoms with Crippen LogP contribution in [-0.4, -0.2) is 17.1 Å². The largest absolute Gasteiger partial charge is 0.346 e. The maximum atomic E-state index is 12.5. The number of anilines is 1. The zero-order valence-corrected chi connectivity index (χ0v) is 14.7. The van der Waals surface area contributed by atoms with Crippen molar-refractivity contribution < 1.29 is 9.59 Å². The number of hydrogen-bond donors (Lipinski definition) is 2. The van der Waals surface area contributed by atoms with Crippen molar-refractivity contribution in [3.63, 3.8) is 0 Å². The standard InChI is InChI=1S/C19H20N2O2S/c1-11-6-4-5-7-15(11)12(2)20-19(23)14-8-9-17-16(10-14)21-18(22)13(3)24-17/h4-10,12-13H,1-3H3,(H,20,23)(H,21,22)/t12-,13-/m1/s1. The van der Waals surface area contributed by atoms with E-state index in [1.165, 1.54) is 11.8 Å². The number of fused-ring (bicyclic) bond motifs is 1. The van der Waals surface area contributed by atoms with Crippen LogP contribution in [-0.2, 0) is 4.79 Å². The molecule has 0 saturated heterocycles. The molecule has 1 aliphatic rings. The first-order chi connectivity index (χ1) is 11.5. The topological polar surface area (TPSA) is 58.2 Å². The highest BCUT2D eigenvalue weighted by Crippen LogP contribution is 2.36. The zero-order valence-electron chi connectivity index (χ0n) is 13.9. The normalized spacial score (nSPS) is 17.6. The van der Waals surface area contributed by atoms with E-state index >= 15 is 0 Å². The Kier molecular flexibility index (Phi) is 4.62. The molecule has 0 unspecified atom stereocenters. The molecule has 2 amide bonds. The first-order valence-corrected chi connectivity index (χ1v) is 8.81. The SMILES string of the molecule is Cc1ccccc1[C@@H](C)NC(=O)c1ccc2c(c1)NC(=O)[C@@H](C)S2. The Labute approximate surface area is 146 Å². The van der Waals surface area contributed by atoms with Crippen molar-refractivity contribution in [2.45, 2.75) is 37.0 Å². The summed E-state index contributed by atoms with van der Waals surface area (Å²) in [5.74, 6) is -0.176. The van der Waals surface area contributed by atoms with Gasteiger partial charge in [-0.25, -0.2) is 0 Å². The molecule has 0 radical (unpaired) electrons. The molecule has 0 aromatic heterocycles. The Balaban J connectivity index is 1.78. The lowest BCUT2D eigenvalue weighted by Crippen LogP contribution is -2.29. The third-order valence-electron chi connectivity index (χ3n) is 4.18. The maximum Gasteiger partial charge on any atom is 0.251 e. The second-order valence-corrected chi connectivity index (χ2v) is 7.39. The van der Waals surface area contributed by atoms with Gasteiger partial charge in [0.25, 0.3) is 5.91 Å². The van der Waals surface area contributed by atoms with Crippen LogP contribution < -0.4 is 10.6 Å². The summed E-state index contributed by atoms with van der Waals surface area (Å²) in [4.78, 5) is 25.3. The molecule has 2 aromatic carbocycles. The van der Waals surface area contributed by atoms with Gasteiger partial charge < -0.3 is 10.6 Å². The van der Waals surface area contributed by atoms with Crippen LogP contribution in [0.2, 0.25) is 0 Å². The van der Waals surface area contributed by atoms with Crippen molar-refractivity contribution in [1.82, 2.24) is 5.32 Å². The van der Waals surface area contributed by atoms with Crippen LogP contribution in [0.5, 0.6) is 0 Å². The first kappa shape index (κ1) is 16.6. The maximum absolute atomic E-state index is 12.5. The quantitative estimate of drug-likeness (QED) is 0.890. The molecule has 24 heavy (non-hydrogen) atoms. The fraction of sp³-hybridized carbons (Fsp3) is 0.263. The van der Waals surface area contributed by atoms with Gasteiger partial charge in [-0.05, 0) is 50.1 Å². The number of hydrogen-bond acceptors (Lipinski definition) is 3. The summed E-state index contributed by atoms with van der Waals surface area (Å²) < 4.78 is 0. The molecular formula is C19H20N2O2S. The molecule has 0 bridgehead atoms. The lowest BCUT2D eigenvalue weighted by atomic mass is 10.0. The molecule has 0 saturated carbocycles. The molecule has 2 atom stereocenters. The van der Waals surface area contributed by atoms with Gasteiger partial charge in [0, 0.05) is 10.5 Å². The van der Waals surface area contributed by atoms with Gasteiger partial charge in [-0.2, -0.15) is 0 Å². The van der Waals surface area contributed by atoms with Gasteiger partial charge in [0.05, 0.1) is 17.0 Å². The van der Waals surface area contributed by atoms with Crippen molar-refractivity contribution in [2.24, 2.45) is 0 Å². The first-order valence-electron chi connectivity index (χ1n) is 7.93. The summed E-state index contributed by atoms with van der Waals surface area (Å²) in [5, 5.41) is 5.77. The Hall–Kier alpha value is -2.27. The van der Waals surface area contributed by atoms with E-state index in [-0.39, 0.29) is 23.1 Å². The van der Waals surface area contributed by atoms with Crippen molar-refractivity contribution in [1.29, 1.82) is 0 Å². The van der Waals surface area contributed by atoms with Crippen molar-refractivity contribution in [3.8, 4) is 0 Å². The lowest BCUT2D eigenvalue weighted by Gasteiger charge is -2.22. The van der Waals surface area contributed by atoms with Crippen LogP contribution in [0.4, 0.5) is 5.69 Å². The van der Waals surface area contributed by atoms with Crippen molar-refractivity contribution >= 4 is 29.3 Å². The van der Waals surface area contributed by atoms with Gasteiger partial charge in [0.2, 0.25) is 5.91 Å². The summed E-state index contributed by atoms with van der Waals surface area (Å²) >= 11 is 1.51. The zero-order chi connectivity index (χ0) is 17.3. The van der Waals surface area contributed by atoms with Crippen LogP contribution in [0.1, 0.15) is 41.4 Å². The van der Waals surface area contributed by atoms with Gasteiger partial charge in [-0.15, -0.1) is 11.8 Å². The second kappa shape index (κ2) is 6.69. The molecule has 2 aromatic rings. The fourth-order valence-electron chi connectivity index (χ4n) is 2.78. The molecule has 4 nitrogen and oxygen atoms in total. The molecule has 0 spiro atoms. The number of carbonyl (C=O) groups is 2. The van der Waals surface area contributed by atoms with Crippen LogP contribution in [0, 0.1) is 6.92 Å². The highest BCUT2D eigenvalue weighted by Gasteiger charge is 2.24. The number of aryl methyl sites for hydroxylation is 1. The second-order valence-electron chi connectivity index (χ2n) is 6.01. The Morgan fingerprint density at radius 3 is 2.75 bits per heavy atom. The van der Waals surface area contributed by atoms with E-state index in [0.717, 1.165) is 16.0 Å². The van der Waals surface area contributed by atoms with E-state index in [2.05, 4.69) is 10.6 Å². The van der Waals surface area contributed by atoms with E-state index in [0.29, 0.717) is 11.3 Å². The van der Waals surface area contributed by atoms with E-state index in [4.69, 9.17) is 0 Å². The Morgan fingerprint density at radius 1 is 1.25 bits per heavy atom. The highest BCUT2D eigenvalue weighted by molar-refractivity contribution is 8.00. The Morgan fingerprint density at radius 2 is 2.00 bits per heavy atom. The number of rotatable bonds is 3. The van der Waals surface area contributed by atoms with Crippen molar-refractivity contribution in [3.05, 3.63) is 59.2 Å². The fourth-order valence-corrected chi connectivity index (χ4v) is 3.71. The van der Waals surface area contributed by atoms with Crippen LogP contribution in [0.15, 0.2) is 47.4 Å². The molecule has 2 N–H and O–H groups in total.